The summed E-state index contributed by atoms with van der Waals surface area (Å²) >= 11 is 0. The largest absolute Gasteiger partial charge is 0.493 e. The summed E-state index contributed by atoms with van der Waals surface area (Å²) in [4.78, 5) is 0. The Kier molecular flexibility index (Phi) is 6.63. The molecule has 0 radical (unpaired) electrons. The Morgan fingerprint density at radius 3 is 2.76 bits per heavy atom. The van der Waals surface area contributed by atoms with Crippen LogP contribution in [0.15, 0.2) is 12.1 Å². The van der Waals surface area contributed by atoms with E-state index in [1.165, 1.54) is 0 Å². The number of ether oxygens (including phenoxy) is 3. The van der Waals surface area contributed by atoms with Gasteiger partial charge in [0.1, 0.15) is 13.2 Å². The van der Waals surface area contributed by atoms with Crippen molar-refractivity contribution in [2.24, 2.45) is 0 Å². The molecule has 1 aliphatic rings. The molecule has 1 aliphatic heterocycles. The highest BCUT2D eigenvalue weighted by atomic mass is 16.6. The summed E-state index contributed by atoms with van der Waals surface area (Å²) in [6.45, 7) is 3.20. The molecule has 0 aromatic heterocycles. The van der Waals surface area contributed by atoms with Crippen LogP contribution in [0.1, 0.15) is 31.2 Å². The van der Waals surface area contributed by atoms with E-state index in [2.05, 4.69) is 5.32 Å². The van der Waals surface area contributed by atoms with Crippen LogP contribution in [-0.2, 0) is 6.54 Å². The number of nitrogens with one attached hydrogen (secondary N) is 1. The van der Waals surface area contributed by atoms with Gasteiger partial charge in [-0.15, -0.1) is 0 Å². The average Bonchev–Trinajstić information content (AvgIpc) is 2.53. The van der Waals surface area contributed by atoms with Crippen molar-refractivity contribution >= 4 is 0 Å². The maximum Gasteiger partial charge on any atom is 0.203 e. The molecule has 5 heteroatoms. The molecule has 1 heterocycles. The summed E-state index contributed by atoms with van der Waals surface area (Å²) in [5, 5.41) is 12.1. The molecule has 0 fully saturated rings. The van der Waals surface area contributed by atoms with Crippen molar-refractivity contribution in [3.8, 4) is 17.2 Å². The van der Waals surface area contributed by atoms with E-state index in [1.54, 1.807) is 7.11 Å². The zero-order chi connectivity index (χ0) is 14.9. The fourth-order valence-electron chi connectivity index (χ4n) is 2.38. The summed E-state index contributed by atoms with van der Waals surface area (Å²) in [6.07, 6.45) is 4.27. The summed E-state index contributed by atoms with van der Waals surface area (Å²) in [6, 6.07) is 4.00. The Morgan fingerprint density at radius 1 is 1.14 bits per heavy atom. The molecule has 0 saturated heterocycles. The van der Waals surface area contributed by atoms with Crippen LogP contribution in [-0.4, -0.2) is 38.6 Å². The molecule has 118 valence electrons. The number of fused-ring (bicyclic) bond motifs is 1. The fraction of sp³-hybridized carbons (Fsp3) is 0.625. The maximum atomic E-state index is 8.71. The molecule has 0 bridgehead atoms. The van der Waals surface area contributed by atoms with Gasteiger partial charge in [-0.2, -0.15) is 0 Å². The third kappa shape index (κ3) is 4.79. The minimum Gasteiger partial charge on any atom is -0.493 e. The van der Waals surface area contributed by atoms with Crippen LogP contribution in [0.4, 0.5) is 0 Å². The first-order valence-corrected chi connectivity index (χ1v) is 7.63. The first kappa shape index (κ1) is 15.9. The maximum absolute atomic E-state index is 8.71. The fourth-order valence-corrected chi connectivity index (χ4v) is 2.38. The predicted molar refractivity (Wildman–Crippen MR) is 81.2 cm³/mol. The molecule has 1 aromatic rings. The van der Waals surface area contributed by atoms with Gasteiger partial charge in [0.05, 0.1) is 7.11 Å². The molecule has 0 saturated carbocycles. The lowest BCUT2D eigenvalue weighted by atomic mass is 10.1. The van der Waals surface area contributed by atoms with Gasteiger partial charge in [-0.3, -0.25) is 0 Å². The standard InChI is InChI=1S/C16H25NO4/c1-19-14-10-13(11-15-16(14)21-9-8-20-15)12-17-6-4-2-3-5-7-18/h10-11,17-18H,2-9,12H2,1H3. The highest BCUT2D eigenvalue weighted by molar-refractivity contribution is 5.54. The minimum absolute atomic E-state index is 0.296. The van der Waals surface area contributed by atoms with Gasteiger partial charge in [0, 0.05) is 13.2 Å². The molecule has 5 nitrogen and oxygen atoms in total. The smallest absolute Gasteiger partial charge is 0.203 e. The van der Waals surface area contributed by atoms with Gasteiger partial charge in [0.2, 0.25) is 5.75 Å². The number of unbranched alkanes of at least 4 members (excludes halogenated alkanes) is 3. The number of hydrogen-bond donors (Lipinski definition) is 2. The Balaban J connectivity index is 1.80. The van der Waals surface area contributed by atoms with E-state index in [4.69, 9.17) is 19.3 Å². The summed E-state index contributed by atoms with van der Waals surface area (Å²) in [5.41, 5.74) is 1.13. The van der Waals surface area contributed by atoms with Crippen molar-refractivity contribution in [1.29, 1.82) is 0 Å². The van der Waals surface area contributed by atoms with E-state index in [1.807, 2.05) is 12.1 Å². The minimum atomic E-state index is 0.296. The summed E-state index contributed by atoms with van der Waals surface area (Å²) < 4.78 is 16.6. The van der Waals surface area contributed by atoms with Crippen LogP contribution in [0.5, 0.6) is 17.2 Å². The average molecular weight is 295 g/mol. The van der Waals surface area contributed by atoms with E-state index in [0.29, 0.717) is 25.6 Å². The summed E-state index contributed by atoms with van der Waals surface area (Å²) in [7, 11) is 1.64. The highest BCUT2D eigenvalue weighted by Crippen LogP contribution is 2.40. The lowest BCUT2D eigenvalue weighted by Crippen LogP contribution is -2.18. The molecule has 0 atom stereocenters. The number of hydrogen-bond acceptors (Lipinski definition) is 5. The molecule has 0 spiro atoms. The Labute approximate surface area is 126 Å². The lowest BCUT2D eigenvalue weighted by molar-refractivity contribution is 0.165. The van der Waals surface area contributed by atoms with Crippen molar-refractivity contribution in [1.82, 2.24) is 5.32 Å². The second kappa shape index (κ2) is 8.74. The number of methoxy groups -OCH3 is 1. The Morgan fingerprint density at radius 2 is 1.95 bits per heavy atom. The SMILES string of the molecule is COc1cc(CNCCCCCCO)cc2c1OCCO2. The van der Waals surface area contributed by atoms with Gasteiger partial charge in [0.25, 0.3) is 0 Å². The van der Waals surface area contributed by atoms with E-state index >= 15 is 0 Å². The van der Waals surface area contributed by atoms with Crippen LogP contribution in [0.25, 0.3) is 0 Å². The van der Waals surface area contributed by atoms with Crippen molar-refractivity contribution in [2.45, 2.75) is 32.2 Å². The molecular weight excluding hydrogens is 270 g/mol. The third-order valence-electron chi connectivity index (χ3n) is 3.48. The van der Waals surface area contributed by atoms with Crippen molar-refractivity contribution in [2.75, 3.05) is 33.5 Å². The van der Waals surface area contributed by atoms with Crippen LogP contribution in [0.2, 0.25) is 0 Å². The van der Waals surface area contributed by atoms with Gasteiger partial charge in [-0.25, -0.2) is 0 Å². The van der Waals surface area contributed by atoms with E-state index < -0.39 is 0 Å². The van der Waals surface area contributed by atoms with Crippen molar-refractivity contribution in [3.05, 3.63) is 17.7 Å². The second-order valence-electron chi connectivity index (χ2n) is 5.14. The molecule has 1 aromatic carbocycles. The number of rotatable bonds is 9. The zero-order valence-corrected chi connectivity index (χ0v) is 12.7. The van der Waals surface area contributed by atoms with Gasteiger partial charge >= 0.3 is 0 Å². The number of aliphatic hydroxyl groups is 1. The second-order valence-corrected chi connectivity index (χ2v) is 5.14. The van der Waals surface area contributed by atoms with Crippen LogP contribution >= 0.6 is 0 Å². The first-order chi connectivity index (χ1) is 10.3. The van der Waals surface area contributed by atoms with Crippen LogP contribution < -0.4 is 19.5 Å². The van der Waals surface area contributed by atoms with E-state index in [-0.39, 0.29) is 0 Å². The summed E-state index contributed by atoms with van der Waals surface area (Å²) in [5.74, 6) is 2.20. The molecular formula is C16H25NO4. The Hall–Kier alpha value is -1.46. The first-order valence-electron chi connectivity index (χ1n) is 7.63. The van der Waals surface area contributed by atoms with Crippen molar-refractivity contribution in [3.63, 3.8) is 0 Å². The van der Waals surface area contributed by atoms with Gasteiger partial charge in [-0.1, -0.05) is 12.8 Å². The zero-order valence-electron chi connectivity index (χ0n) is 12.7. The van der Waals surface area contributed by atoms with E-state index in [0.717, 1.165) is 55.8 Å². The predicted octanol–water partition coefficient (Wildman–Crippen LogP) is 2.11. The van der Waals surface area contributed by atoms with Gasteiger partial charge < -0.3 is 24.6 Å². The monoisotopic (exact) mass is 295 g/mol. The normalized spacial score (nSPS) is 13.2. The molecule has 0 aliphatic carbocycles. The lowest BCUT2D eigenvalue weighted by Gasteiger charge is -2.21. The molecule has 2 rings (SSSR count). The number of benzene rings is 1. The van der Waals surface area contributed by atoms with Crippen molar-refractivity contribution < 1.29 is 19.3 Å². The number of aliphatic hydroxyl groups excluding tert-OH is 1. The highest BCUT2D eigenvalue weighted by Gasteiger charge is 2.18. The van der Waals surface area contributed by atoms with Crippen LogP contribution in [0.3, 0.4) is 0 Å². The molecule has 2 N–H and O–H groups in total. The quantitative estimate of drug-likeness (QED) is 0.683. The van der Waals surface area contributed by atoms with Gasteiger partial charge in [0.15, 0.2) is 11.5 Å². The molecule has 21 heavy (non-hydrogen) atoms. The van der Waals surface area contributed by atoms with Gasteiger partial charge in [-0.05, 0) is 37.1 Å². The molecule has 0 unspecified atom stereocenters. The molecule has 0 amide bonds. The van der Waals surface area contributed by atoms with Crippen LogP contribution in [0, 0.1) is 0 Å². The topological polar surface area (TPSA) is 60.0 Å². The third-order valence-corrected chi connectivity index (χ3v) is 3.48. The van der Waals surface area contributed by atoms with E-state index in [9.17, 15) is 0 Å². The Bertz CT molecular complexity index is 419.